The quantitative estimate of drug-likeness (QED) is 0.889. The number of carbonyl (C=O) groups excluding carboxylic acids is 2. The van der Waals surface area contributed by atoms with E-state index in [1.807, 2.05) is 25.7 Å². The molecule has 1 aromatic rings. The van der Waals surface area contributed by atoms with Crippen LogP contribution in [-0.2, 0) is 9.53 Å². The largest absolute Gasteiger partial charge is 0.367 e. The molecule has 3 heterocycles. The van der Waals surface area contributed by atoms with Crippen molar-refractivity contribution in [3.63, 3.8) is 0 Å². The SMILES string of the molecule is Cc1nc(C)c(C(=O)N2CCC([C@@H]3CC[C@H](C(N)=O)O3)CC2)nc1C. The summed E-state index contributed by atoms with van der Waals surface area (Å²) in [5.74, 6) is -0.0480. The van der Waals surface area contributed by atoms with Gasteiger partial charge in [0.25, 0.3) is 5.91 Å². The minimum Gasteiger partial charge on any atom is -0.367 e. The molecular weight excluding hydrogens is 320 g/mol. The molecule has 0 radical (unpaired) electrons. The summed E-state index contributed by atoms with van der Waals surface area (Å²) in [5.41, 5.74) is 8.10. The summed E-state index contributed by atoms with van der Waals surface area (Å²) in [6, 6.07) is 0. The minimum absolute atomic E-state index is 0.0473. The fourth-order valence-corrected chi connectivity index (χ4v) is 3.76. The van der Waals surface area contributed by atoms with Crippen molar-refractivity contribution in [1.82, 2.24) is 14.9 Å². The summed E-state index contributed by atoms with van der Waals surface area (Å²) in [6.45, 7) is 6.96. The highest BCUT2D eigenvalue weighted by Crippen LogP contribution is 2.32. The van der Waals surface area contributed by atoms with Gasteiger partial charge in [0.15, 0.2) is 0 Å². The van der Waals surface area contributed by atoms with Gasteiger partial charge in [0.2, 0.25) is 5.91 Å². The first-order chi connectivity index (χ1) is 11.9. The Hall–Kier alpha value is -2.02. The van der Waals surface area contributed by atoms with Crippen LogP contribution in [0.1, 0.15) is 53.3 Å². The molecule has 25 heavy (non-hydrogen) atoms. The number of ether oxygens (including phenoxy) is 1. The van der Waals surface area contributed by atoms with Gasteiger partial charge < -0.3 is 15.4 Å². The van der Waals surface area contributed by atoms with Gasteiger partial charge in [-0.3, -0.25) is 14.6 Å². The Morgan fingerprint density at radius 1 is 1.00 bits per heavy atom. The van der Waals surface area contributed by atoms with Crippen LogP contribution in [0.25, 0.3) is 0 Å². The van der Waals surface area contributed by atoms with E-state index in [4.69, 9.17) is 10.5 Å². The zero-order valence-corrected chi connectivity index (χ0v) is 15.1. The van der Waals surface area contributed by atoms with E-state index in [2.05, 4.69) is 9.97 Å². The lowest BCUT2D eigenvalue weighted by Gasteiger charge is -2.34. The smallest absolute Gasteiger partial charge is 0.274 e. The molecule has 0 unspecified atom stereocenters. The van der Waals surface area contributed by atoms with Crippen LogP contribution in [0.2, 0.25) is 0 Å². The number of amides is 2. The normalized spacial score (nSPS) is 24.5. The highest BCUT2D eigenvalue weighted by atomic mass is 16.5. The maximum Gasteiger partial charge on any atom is 0.274 e. The highest BCUT2D eigenvalue weighted by Gasteiger charge is 2.36. The summed E-state index contributed by atoms with van der Waals surface area (Å²) < 4.78 is 5.79. The number of hydrogen-bond acceptors (Lipinski definition) is 5. The minimum atomic E-state index is -0.446. The van der Waals surface area contributed by atoms with Crippen molar-refractivity contribution in [2.24, 2.45) is 11.7 Å². The van der Waals surface area contributed by atoms with E-state index in [1.54, 1.807) is 0 Å². The van der Waals surface area contributed by atoms with E-state index in [9.17, 15) is 9.59 Å². The molecule has 3 rings (SSSR count). The van der Waals surface area contributed by atoms with Crippen LogP contribution >= 0.6 is 0 Å². The number of aryl methyl sites for hydroxylation is 3. The second-order valence-corrected chi connectivity index (χ2v) is 7.10. The Morgan fingerprint density at radius 3 is 2.24 bits per heavy atom. The Balaban J connectivity index is 1.60. The Labute approximate surface area is 148 Å². The van der Waals surface area contributed by atoms with E-state index in [-0.39, 0.29) is 17.9 Å². The van der Waals surface area contributed by atoms with Crippen molar-refractivity contribution < 1.29 is 14.3 Å². The average molecular weight is 346 g/mol. The van der Waals surface area contributed by atoms with Crippen LogP contribution in [0.3, 0.4) is 0 Å². The van der Waals surface area contributed by atoms with E-state index in [0.717, 1.165) is 30.7 Å². The zero-order chi connectivity index (χ0) is 18.1. The first-order valence-electron chi connectivity index (χ1n) is 8.92. The first kappa shape index (κ1) is 17.8. The monoisotopic (exact) mass is 346 g/mol. The van der Waals surface area contributed by atoms with E-state index in [1.165, 1.54) is 0 Å². The third-order valence-corrected chi connectivity index (χ3v) is 5.41. The van der Waals surface area contributed by atoms with E-state index >= 15 is 0 Å². The number of aromatic nitrogens is 2. The summed E-state index contributed by atoms with van der Waals surface area (Å²) in [5, 5.41) is 0. The standard InChI is InChI=1S/C18H26N4O3/c1-10-11(2)21-16(12(3)20-10)18(24)22-8-6-13(7-9-22)14-4-5-15(25-14)17(19)23/h13-15H,4-9H2,1-3H3,(H2,19,23)/t14-,15+/m0/s1. The molecule has 7 nitrogen and oxygen atoms in total. The lowest BCUT2D eigenvalue weighted by molar-refractivity contribution is -0.130. The molecule has 2 aliphatic rings. The van der Waals surface area contributed by atoms with Crippen molar-refractivity contribution in [2.75, 3.05) is 13.1 Å². The predicted octanol–water partition coefficient (Wildman–Crippen LogP) is 1.29. The fraction of sp³-hybridized carbons (Fsp3) is 0.667. The summed E-state index contributed by atoms with van der Waals surface area (Å²) in [6.07, 6.45) is 2.96. The van der Waals surface area contributed by atoms with Gasteiger partial charge in [-0.2, -0.15) is 0 Å². The maximum atomic E-state index is 12.8. The molecule has 0 bridgehead atoms. The van der Waals surface area contributed by atoms with E-state index < -0.39 is 6.10 Å². The van der Waals surface area contributed by atoms with Gasteiger partial charge in [-0.05, 0) is 52.4 Å². The van der Waals surface area contributed by atoms with Crippen LogP contribution in [0.5, 0.6) is 0 Å². The molecule has 136 valence electrons. The molecule has 2 saturated heterocycles. The molecule has 0 saturated carbocycles. The summed E-state index contributed by atoms with van der Waals surface area (Å²) in [4.78, 5) is 34.7. The van der Waals surface area contributed by atoms with Crippen LogP contribution in [-0.4, -0.2) is 52.0 Å². The lowest BCUT2D eigenvalue weighted by atomic mass is 9.89. The van der Waals surface area contributed by atoms with Crippen LogP contribution < -0.4 is 5.73 Å². The Bertz CT molecular complexity index is 683. The van der Waals surface area contributed by atoms with Gasteiger partial charge in [-0.25, -0.2) is 4.98 Å². The van der Waals surface area contributed by atoms with Crippen LogP contribution in [0.15, 0.2) is 0 Å². The molecule has 2 amide bonds. The number of primary amides is 1. The molecule has 0 aromatic carbocycles. The molecular formula is C18H26N4O3. The first-order valence-corrected chi connectivity index (χ1v) is 8.92. The molecule has 1 aromatic heterocycles. The third kappa shape index (κ3) is 3.66. The molecule has 2 N–H and O–H groups in total. The lowest BCUT2D eigenvalue weighted by Crippen LogP contribution is -2.42. The van der Waals surface area contributed by atoms with Gasteiger partial charge in [0, 0.05) is 13.1 Å². The van der Waals surface area contributed by atoms with Crippen molar-refractivity contribution >= 4 is 11.8 Å². The number of piperidine rings is 1. The average Bonchev–Trinajstić information content (AvgIpc) is 3.08. The summed E-state index contributed by atoms with van der Waals surface area (Å²) in [7, 11) is 0. The highest BCUT2D eigenvalue weighted by molar-refractivity contribution is 5.93. The van der Waals surface area contributed by atoms with Gasteiger partial charge in [-0.1, -0.05) is 0 Å². The molecule has 0 aliphatic carbocycles. The number of nitrogens with zero attached hydrogens (tertiary/aromatic N) is 3. The molecule has 2 aliphatic heterocycles. The van der Waals surface area contributed by atoms with Crippen molar-refractivity contribution in [1.29, 1.82) is 0 Å². The van der Waals surface area contributed by atoms with Gasteiger partial charge in [0.05, 0.1) is 23.2 Å². The van der Waals surface area contributed by atoms with Crippen LogP contribution in [0, 0.1) is 26.7 Å². The molecule has 0 spiro atoms. The van der Waals surface area contributed by atoms with Gasteiger partial charge >= 0.3 is 0 Å². The second kappa shape index (κ2) is 7.07. The van der Waals surface area contributed by atoms with Crippen molar-refractivity contribution in [3.05, 3.63) is 22.8 Å². The predicted molar refractivity (Wildman–Crippen MR) is 92.0 cm³/mol. The number of carbonyl (C=O) groups is 2. The summed E-state index contributed by atoms with van der Waals surface area (Å²) >= 11 is 0. The van der Waals surface area contributed by atoms with Gasteiger partial charge in [-0.15, -0.1) is 0 Å². The second-order valence-electron chi connectivity index (χ2n) is 7.10. The molecule has 2 atom stereocenters. The van der Waals surface area contributed by atoms with Crippen molar-refractivity contribution in [2.45, 2.75) is 58.7 Å². The molecule has 7 heteroatoms. The van der Waals surface area contributed by atoms with Gasteiger partial charge in [0.1, 0.15) is 11.8 Å². The zero-order valence-electron chi connectivity index (χ0n) is 15.1. The van der Waals surface area contributed by atoms with Crippen LogP contribution in [0.4, 0.5) is 0 Å². The fourth-order valence-electron chi connectivity index (χ4n) is 3.76. The van der Waals surface area contributed by atoms with E-state index in [0.29, 0.717) is 36.8 Å². The number of nitrogens with two attached hydrogens (primary N) is 1. The number of hydrogen-bond donors (Lipinski definition) is 1. The number of likely N-dealkylation sites (tertiary alicyclic amines) is 1. The Kier molecular flexibility index (Phi) is 5.03. The topological polar surface area (TPSA) is 98.4 Å². The Morgan fingerprint density at radius 2 is 1.64 bits per heavy atom. The molecule has 2 fully saturated rings. The van der Waals surface area contributed by atoms with Crippen molar-refractivity contribution in [3.8, 4) is 0 Å². The maximum absolute atomic E-state index is 12.8. The third-order valence-electron chi connectivity index (χ3n) is 5.41. The number of rotatable bonds is 3.